The summed E-state index contributed by atoms with van der Waals surface area (Å²) in [6, 6.07) is 16.2. The fraction of sp³-hybridized carbons (Fsp3) is 0.0476. The molecule has 3 rings (SSSR count). The Morgan fingerprint density at radius 3 is 2.52 bits per heavy atom. The molecule has 3 aromatic rings. The van der Waals surface area contributed by atoms with Crippen LogP contribution >= 0.6 is 23.4 Å². The van der Waals surface area contributed by atoms with Crippen molar-refractivity contribution in [1.82, 2.24) is 4.98 Å². The maximum atomic E-state index is 12.6. The number of carbonyl (C=O) groups is 1. The van der Waals surface area contributed by atoms with Gasteiger partial charge in [-0.1, -0.05) is 47.6 Å². The van der Waals surface area contributed by atoms with Crippen molar-refractivity contribution in [2.24, 2.45) is 0 Å². The molecular weight excluding hydrogens is 438 g/mol. The Balaban J connectivity index is 2.04. The van der Waals surface area contributed by atoms with Crippen LogP contribution in [0.1, 0.15) is 21.5 Å². The number of thioether (sulfide) groups is 1. The zero-order valence-electron chi connectivity index (χ0n) is 15.7. The number of rotatable bonds is 6. The second-order valence-electron chi connectivity index (χ2n) is 6.15. The molecule has 10 heteroatoms. The first-order chi connectivity index (χ1) is 14.9. The van der Waals surface area contributed by atoms with Gasteiger partial charge in [-0.15, -0.1) is 0 Å². The topological polar surface area (TPSA) is 147 Å². The molecule has 31 heavy (non-hydrogen) atoms. The molecule has 0 radical (unpaired) electrons. The molecule has 1 aromatic heterocycles. The third-order valence-electron chi connectivity index (χ3n) is 4.27. The third kappa shape index (κ3) is 4.48. The fourth-order valence-corrected chi connectivity index (χ4v) is 3.98. The summed E-state index contributed by atoms with van der Waals surface area (Å²) in [5, 5.41) is 31.1. The Morgan fingerprint density at radius 1 is 1.16 bits per heavy atom. The number of ketones is 1. The van der Waals surface area contributed by atoms with Crippen LogP contribution in [0.2, 0.25) is 5.02 Å². The molecule has 2 aromatic carbocycles. The molecule has 8 nitrogen and oxygen atoms in total. The maximum Gasteiger partial charge on any atom is 0.280 e. The number of nitrogen functional groups attached to an aromatic ring is 1. The van der Waals surface area contributed by atoms with Gasteiger partial charge in [0.1, 0.15) is 28.5 Å². The molecule has 0 saturated heterocycles. The van der Waals surface area contributed by atoms with Crippen molar-refractivity contribution in [1.29, 1.82) is 10.5 Å². The van der Waals surface area contributed by atoms with Gasteiger partial charge < -0.3 is 5.73 Å². The minimum Gasteiger partial charge on any atom is -0.383 e. The van der Waals surface area contributed by atoms with Crippen LogP contribution in [0.15, 0.2) is 53.6 Å². The summed E-state index contributed by atoms with van der Waals surface area (Å²) in [5.41, 5.74) is 6.45. The number of hydrogen-bond donors (Lipinski definition) is 1. The number of halogens is 1. The SMILES string of the molecule is N#Cc1c(N)nc(SCC(=O)c2ccccc2[N+](=O)[O-])c(C#N)c1-c1cccc(Cl)c1. The van der Waals surface area contributed by atoms with E-state index in [0.717, 1.165) is 11.8 Å². The Labute approximate surface area is 186 Å². The van der Waals surface area contributed by atoms with Crippen LogP contribution in [-0.4, -0.2) is 21.4 Å². The number of Topliss-reactive ketones (excluding diaryl/α,β-unsaturated/α-hetero) is 1. The average molecular weight is 450 g/mol. The number of nitrogens with zero attached hydrogens (tertiary/aromatic N) is 4. The minimum atomic E-state index is -0.631. The number of anilines is 1. The van der Waals surface area contributed by atoms with Crippen LogP contribution in [0, 0.1) is 32.8 Å². The zero-order chi connectivity index (χ0) is 22.5. The van der Waals surface area contributed by atoms with Crippen molar-refractivity contribution in [3.05, 3.63) is 80.4 Å². The number of nitriles is 2. The molecule has 0 bridgehead atoms. The van der Waals surface area contributed by atoms with E-state index in [4.69, 9.17) is 17.3 Å². The summed E-state index contributed by atoms with van der Waals surface area (Å²) in [6.07, 6.45) is 0. The lowest BCUT2D eigenvalue weighted by Gasteiger charge is -2.13. The van der Waals surface area contributed by atoms with E-state index in [-0.39, 0.29) is 44.5 Å². The molecule has 2 N–H and O–H groups in total. The van der Waals surface area contributed by atoms with E-state index in [1.807, 2.05) is 12.1 Å². The van der Waals surface area contributed by atoms with Crippen LogP contribution in [0.5, 0.6) is 0 Å². The van der Waals surface area contributed by atoms with Crippen molar-refractivity contribution < 1.29 is 9.72 Å². The number of aromatic nitrogens is 1. The number of para-hydroxylation sites is 1. The highest BCUT2D eigenvalue weighted by molar-refractivity contribution is 8.00. The Morgan fingerprint density at radius 2 is 1.87 bits per heavy atom. The van der Waals surface area contributed by atoms with Crippen LogP contribution in [-0.2, 0) is 0 Å². The van der Waals surface area contributed by atoms with Gasteiger partial charge in [0.15, 0.2) is 5.78 Å². The van der Waals surface area contributed by atoms with Crippen molar-refractivity contribution in [2.45, 2.75) is 5.03 Å². The number of nitro groups is 1. The summed E-state index contributed by atoms with van der Waals surface area (Å²) in [4.78, 5) is 27.3. The summed E-state index contributed by atoms with van der Waals surface area (Å²) in [6.45, 7) is 0. The third-order valence-corrected chi connectivity index (χ3v) is 5.48. The van der Waals surface area contributed by atoms with Gasteiger partial charge in [-0.05, 0) is 23.8 Å². The zero-order valence-corrected chi connectivity index (χ0v) is 17.3. The maximum absolute atomic E-state index is 12.6. The summed E-state index contributed by atoms with van der Waals surface area (Å²) < 4.78 is 0. The van der Waals surface area contributed by atoms with Gasteiger partial charge in [0.2, 0.25) is 0 Å². The van der Waals surface area contributed by atoms with E-state index in [2.05, 4.69) is 4.98 Å². The van der Waals surface area contributed by atoms with Crippen LogP contribution < -0.4 is 5.73 Å². The molecule has 0 atom stereocenters. The first-order valence-corrected chi connectivity index (χ1v) is 10.0. The first-order valence-electron chi connectivity index (χ1n) is 8.66. The number of nitrogens with two attached hydrogens (primary N) is 1. The molecule has 0 aliphatic carbocycles. The monoisotopic (exact) mass is 449 g/mol. The standard InChI is InChI=1S/C21H12ClN5O3S/c22-13-5-3-4-12(8-13)19-15(9-23)20(25)26-21(16(19)10-24)31-11-18(28)14-6-1-2-7-17(14)27(29)30/h1-8H,11H2,(H2,25,26). The van der Waals surface area contributed by atoms with E-state index in [1.165, 1.54) is 24.3 Å². The predicted molar refractivity (Wildman–Crippen MR) is 117 cm³/mol. The number of nitro benzene ring substituents is 1. The predicted octanol–water partition coefficient (Wildman–Crippen LogP) is 4.61. The first kappa shape index (κ1) is 21.8. The molecule has 152 valence electrons. The number of pyridine rings is 1. The van der Waals surface area contributed by atoms with Gasteiger partial charge in [-0.2, -0.15) is 10.5 Å². The van der Waals surface area contributed by atoms with Gasteiger partial charge >= 0.3 is 0 Å². The number of benzene rings is 2. The molecular formula is C21H12ClN5O3S. The molecule has 0 saturated carbocycles. The van der Waals surface area contributed by atoms with E-state index >= 15 is 0 Å². The lowest BCUT2D eigenvalue weighted by Crippen LogP contribution is -2.08. The summed E-state index contributed by atoms with van der Waals surface area (Å²) in [5.74, 6) is -0.820. The van der Waals surface area contributed by atoms with Crippen LogP contribution in [0.3, 0.4) is 0 Å². The van der Waals surface area contributed by atoms with Gasteiger partial charge in [0.25, 0.3) is 5.69 Å². The van der Waals surface area contributed by atoms with Crippen LogP contribution in [0.25, 0.3) is 11.1 Å². The molecule has 0 fully saturated rings. The summed E-state index contributed by atoms with van der Waals surface area (Å²) in [7, 11) is 0. The Kier molecular flexibility index (Phi) is 6.51. The molecule has 0 amide bonds. The highest BCUT2D eigenvalue weighted by atomic mass is 35.5. The van der Waals surface area contributed by atoms with Crippen molar-refractivity contribution in [3.63, 3.8) is 0 Å². The minimum absolute atomic E-state index is 0.0215. The van der Waals surface area contributed by atoms with Crippen molar-refractivity contribution in [3.8, 4) is 23.3 Å². The Hall–Kier alpha value is -3.92. The molecule has 0 unspecified atom stereocenters. The van der Waals surface area contributed by atoms with Crippen molar-refractivity contribution in [2.75, 3.05) is 11.5 Å². The van der Waals surface area contributed by atoms with E-state index in [1.54, 1.807) is 24.3 Å². The second kappa shape index (κ2) is 9.26. The molecule has 0 aliphatic heterocycles. The summed E-state index contributed by atoms with van der Waals surface area (Å²) >= 11 is 6.97. The van der Waals surface area contributed by atoms with Gasteiger partial charge in [-0.25, -0.2) is 4.98 Å². The van der Waals surface area contributed by atoms with Crippen LogP contribution in [0.4, 0.5) is 11.5 Å². The second-order valence-corrected chi connectivity index (χ2v) is 7.55. The van der Waals surface area contributed by atoms with E-state index in [0.29, 0.717) is 10.6 Å². The number of carbonyl (C=O) groups excluding carboxylic acids is 1. The average Bonchev–Trinajstić information content (AvgIpc) is 2.76. The largest absolute Gasteiger partial charge is 0.383 e. The lowest BCUT2D eigenvalue weighted by atomic mass is 9.97. The Bertz CT molecular complexity index is 1300. The van der Waals surface area contributed by atoms with Gasteiger partial charge in [-0.3, -0.25) is 14.9 Å². The van der Waals surface area contributed by atoms with Crippen molar-refractivity contribution >= 4 is 40.7 Å². The van der Waals surface area contributed by atoms with Gasteiger partial charge in [0, 0.05) is 16.7 Å². The normalized spacial score (nSPS) is 10.2. The molecule has 0 aliphatic rings. The quantitative estimate of drug-likeness (QED) is 0.248. The van der Waals surface area contributed by atoms with Gasteiger partial charge in [0.05, 0.1) is 21.8 Å². The highest BCUT2D eigenvalue weighted by Gasteiger charge is 2.23. The lowest BCUT2D eigenvalue weighted by molar-refractivity contribution is -0.385. The number of hydrogen-bond acceptors (Lipinski definition) is 8. The smallest absolute Gasteiger partial charge is 0.280 e. The molecule has 0 spiro atoms. The highest BCUT2D eigenvalue weighted by Crippen LogP contribution is 2.36. The fourth-order valence-electron chi connectivity index (χ4n) is 2.92. The van der Waals surface area contributed by atoms with E-state index in [9.17, 15) is 25.4 Å². The van der Waals surface area contributed by atoms with E-state index < -0.39 is 10.7 Å². The molecule has 1 heterocycles.